The van der Waals surface area contributed by atoms with E-state index in [0.717, 1.165) is 19.4 Å². The van der Waals surface area contributed by atoms with E-state index in [-0.39, 0.29) is 5.54 Å². The molecule has 0 aliphatic carbocycles. The van der Waals surface area contributed by atoms with Gasteiger partial charge in [-0.2, -0.15) is 0 Å². The summed E-state index contributed by atoms with van der Waals surface area (Å²) in [7, 11) is 2.21. The highest BCUT2D eigenvalue weighted by atomic mass is 16.5. The molecule has 2 nitrogen and oxygen atoms in total. The fourth-order valence-corrected chi connectivity index (χ4v) is 2.11. The Bertz CT molecular complexity index is 184. The molecule has 3 unspecified atom stereocenters. The van der Waals surface area contributed by atoms with Crippen molar-refractivity contribution in [3.63, 3.8) is 0 Å². The molecule has 0 saturated heterocycles. The predicted molar refractivity (Wildman–Crippen MR) is 71.9 cm³/mol. The number of hydrogen-bond donors (Lipinski definition) is 0. The molecule has 0 radical (unpaired) electrons. The van der Waals surface area contributed by atoms with Gasteiger partial charge in [-0.25, -0.2) is 0 Å². The van der Waals surface area contributed by atoms with Gasteiger partial charge in [0.1, 0.15) is 0 Å². The van der Waals surface area contributed by atoms with Crippen molar-refractivity contribution >= 4 is 0 Å². The van der Waals surface area contributed by atoms with Gasteiger partial charge in [-0.05, 0) is 53.6 Å². The van der Waals surface area contributed by atoms with E-state index in [9.17, 15) is 0 Å². The molecule has 0 aliphatic rings. The van der Waals surface area contributed by atoms with Gasteiger partial charge in [0, 0.05) is 5.54 Å². The highest BCUT2D eigenvalue weighted by Gasteiger charge is 2.28. The van der Waals surface area contributed by atoms with E-state index in [1.165, 1.54) is 6.42 Å². The first kappa shape index (κ1) is 15.9. The molecule has 0 amide bonds. The van der Waals surface area contributed by atoms with Crippen molar-refractivity contribution in [2.75, 3.05) is 13.6 Å². The third-order valence-electron chi connectivity index (χ3n) is 3.92. The average Bonchev–Trinajstić information content (AvgIpc) is 2.27. The van der Waals surface area contributed by atoms with Gasteiger partial charge >= 0.3 is 0 Å². The Hall–Kier alpha value is -0.0800. The van der Waals surface area contributed by atoms with Crippen molar-refractivity contribution in [1.82, 2.24) is 4.90 Å². The first-order valence-electron chi connectivity index (χ1n) is 6.76. The lowest BCUT2D eigenvalue weighted by molar-refractivity contribution is -0.0278. The van der Waals surface area contributed by atoms with E-state index < -0.39 is 0 Å². The van der Waals surface area contributed by atoms with Gasteiger partial charge in [-0.1, -0.05) is 20.8 Å². The molecule has 0 spiro atoms. The summed E-state index contributed by atoms with van der Waals surface area (Å²) in [4.78, 5) is 2.43. The second kappa shape index (κ2) is 7.29. The van der Waals surface area contributed by atoms with Crippen LogP contribution in [0.5, 0.6) is 0 Å². The molecule has 0 rings (SSSR count). The normalized spacial score (nSPS) is 19.5. The molecule has 0 bridgehead atoms. The monoisotopic (exact) mass is 229 g/mol. The maximum absolute atomic E-state index is 5.96. The van der Waals surface area contributed by atoms with Crippen LogP contribution in [0, 0.1) is 0 Å². The van der Waals surface area contributed by atoms with Gasteiger partial charge in [0.15, 0.2) is 0 Å². The van der Waals surface area contributed by atoms with Crippen molar-refractivity contribution < 1.29 is 4.74 Å². The van der Waals surface area contributed by atoms with Gasteiger partial charge < -0.3 is 9.64 Å². The van der Waals surface area contributed by atoms with Crippen LogP contribution in [0.4, 0.5) is 0 Å². The molecule has 0 saturated carbocycles. The second-order valence-electron chi connectivity index (χ2n) is 5.23. The van der Waals surface area contributed by atoms with Crippen molar-refractivity contribution in [2.45, 2.75) is 78.6 Å². The molecule has 0 aliphatic heterocycles. The topological polar surface area (TPSA) is 12.5 Å². The fourth-order valence-electron chi connectivity index (χ4n) is 2.11. The molecule has 98 valence electrons. The van der Waals surface area contributed by atoms with E-state index in [0.29, 0.717) is 12.2 Å². The van der Waals surface area contributed by atoms with Crippen LogP contribution < -0.4 is 0 Å². The molecule has 0 N–H and O–H groups in total. The first-order chi connectivity index (χ1) is 7.39. The summed E-state index contributed by atoms with van der Waals surface area (Å²) in [6, 6.07) is 0. The van der Waals surface area contributed by atoms with Crippen LogP contribution in [0.3, 0.4) is 0 Å². The summed E-state index contributed by atoms with van der Waals surface area (Å²) >= 11 is 0. The maximum atomic E-state index is 5.96. The lowest BCUT2D eigenvalue weighted by Gasteiger charge is -2.40. The third kappa shape index (κ3) is 4.84. The highest BCUT2D eigenvalue weighted by Crippen LogP contribution is 2.25. The summed E-state index contributed by atoms with van der Waals surface area (Å²) in [5.41, 5.74) is 0.266. The molecular formula is C14H31NO. The molecular weight excluding hydrogens is 198 g/mol. The minimum Gasteiger partial charge on any atom is -0.376 e. The SMILES string of the molecule is CCC(C)OC(C)CC(C)(CC)N(C)CC. The van der Waals surface area contributed by atoms with Crippen LogP contribution in [0.2, 0.25) is 0 Å². The molecule has 0 aromatic heterocycles. The van der Waals surface area contributed by atoms with Crippen LogP contribution in [0.1, 0.15) is 60.8 Å². The molecule has 0 aromatic carbocycles. The van der Waals surface area contributed by atoms with Crippen LogP contribution in [-0.4, -0.2) is 36.2 Å². The quantitative estimate of drug-likeness (QED) is 0.629. The largest absolute Gasteiger partial charge is 0.376 e. The lowest BCUT2D eigenvalue weighted by Crippen LogP contribution is -2.45. The predicted octanol–water partition coefficient (Wildman–Crippen LogP) is 3.70. The Balaban J connectivity index is 4.30. The van der Waals surface area contributed by atoms with Crippen molar-refractivity contribution in [3.8, 4) is 0 Å². The van der Waals surface area contributed by atoms with Gasteiger partial charge in [0.2, 0.25) is 0 Å². The van der Waals surface area contributed by atoms with Crippen LogP contribution in [0.15, 0.2) is 0 Å². The van der Waals surface area contributed by atoms with Gasteiger partial charge in [-0.3, -0.25) is 0 Å². The van der Waals surface area contributed by atoms with Gasteiger partial charge in [0.05, 0.1) is 12.2 Å². The maximum Gasteiger partial charge on any atom is 0.0568 e. The zero-order valence-electron chi connectivity index (χ0n) is 12.3. The number of hydrogen-bond acceptors (Lipinski definition) is 2. The van der Waals surface area contributed by atoms with Crippen LogP contribution in [-0.2, 0) is 4.74 Å². The summed E-state index contributed by atoms with van der Waals surface area (Å²) < 4.78 is 5.96. The van der Waals surface area contributed by atoms with Crippen molar-refractivity contribution in [1.29, 1.82) is 0 Å². The van der Waals surface area contributed by atoms with Crippen LogP contribution in [0.25, 0.3) is 0 Å². The standard InChI is InChI=1S/C14H31NO/c1-8-12(4)16-13(5)11-14(6,9-2)15(7)10-3/h12-13H,8-11H2,1-7H3. The molecule has 3 atom stereocenters. The molecule has 0 heterocycles. The average molecular weight is 229 g/mol. The molecule has 0 aromatic rings. The van der Waals surface area contributed by atoms with E-state index in [4.69, 9.17) is 4.74 Å². The fraction of sp³-hybridized carbons (Fsp3) is 1.00. The Morgan fingerprint density at radius 3 is 2.06 bits per heavy atom. The number of rotatable bonds is 8. The van der Waals surface area contributed by atoms with Gasteiger partial charge in [0.25, 0.3) is 0 Å². The smallest absolute Gasteiger partial charge is 0.0568 e. The summed E-state index contributed by atoms with van der Waals surface area (Å²) in [5, 5.41) is 0. The molecule has 2 heteroatoms. The highest BCUT2D eigenvalue weighted by molar-refractivity contribution is 4.84. The third-order valence-corrected chi connectivity index (χ3v) is 3.92. The van der Waals surface area contributed by atoms with E-state index in [1.807, 2.05) is 0 Å². The Morgan fingerprint density at radius 1 is 1.12 bits per heavy atom. The van der Waals surface area contributed by atoms with Crippen molar-refractivity contribution in [3.05, 3.63) is 0 Å². The second-order valence-corrected chi connectivity index (χ2v) is 5.23. The Kier molecular flexibility index (Phi) is 7.25. The summed E-state index contributed by atoms with van der Waals surface area (Å²) in [6.45, 7) is 14.4. The van der Waals surface area contributed by atoms with E-state index in [2.05, 4.69) is 53.5 Å². The van der Waals surface area contributed by atoms with Crippen molar-refractivity contribution in [2.24, 2.45) is 0 Å². The number of nitrogens with zero attached hydrogens (tertiary/aromatic N) is 1. The van der Waals surface area contributed by atoms with E-state index in [1.54, 1.807) is 0 Å². The minimum absolute atomic E-state index is 0.266. The summed E-state index contributed by atoms with van der Waals surface area (Å²) in [6.07, 6.45) is 4.09. The minimum atomic E-state index is 0.266. The zero-order chi connectivity index (χ0) is 12.8. The summed E-state index contributed by atoms with van der Waals surface area (Å²) in [5.74, 6) is 0. The van der Waals surface area contributed by atoms with E-state index >= 15 is 0 Å². The lowest BCUT2D eigenvalue weighted by atomic mass is 9.90. The molecule has 0 fully saturated rings. The molecule has 16 heavy (non-hydrogen) atoms. The number of ether oxygens (including phenoxy) is 1. The zero-order valence-corrected chi connectivity index (χ0v) is 12.3. The Morgan fingerprint density at radius 2 is 1.69 bits per heavy atom. The first-order valence-corrected chi connectivity index (χ1v) is 6.76. The Labute approximate surface area is 102 Å². The van der Waals surface area contributed by atoms with Gasteiger partial charge in [-0.15, -0.1) is 0 Å². The van der Waals surface area contributed by atoms with Crippen LogP contribution >= 0.6 is 0 Å².